The number of para-hydroxylation sites is 1. The van der Waals surface area contributed by atoms with E-state index in [4.69, 9.17) is 5.11 Å². The van der Waals surface area contributed by atoms with Crippen molar-refractivity contribution in [3.05, 3.63) is 29.8 Å². The van der Waals surface area contributed by atoms with Crippen molar-refractivity contribution < 1.29 is 15.0 Å². The lowest BCUT2D eigenvalue weighted by Crippen LogP contribution is -2.00. The molecule has 0 aliphatic rings. The van der Waals surface area contributed by atoms with E-state index in [9.17, 15) is 9.90 Å². The van der Waals surface area contributed by atoms with Crippen LogP contribution >= 0.6 is 0 Å². The molecule has 2 N–H and O–H groups in total. The van der Waals surface area contributed by atoms with Gasteiger partial charge in [-0.2, -0.15) is 0 Å². The highest BCUT2D eigenvalue weighted by molar-refractivity contribution is 5.66. The Morgan fingerprint density at radius 3 is 2.64 bits per heavy atom. The molecule has 0 radical (unpaired) electrons. The highest BCUT2D eigenvalue weighted by Crippen LogP contribution is 2.28. The van der Waals surface area contributed by atoms with Crippen molar-refractivity contribution in [2.45, 2.75) is 25.7 Å². The lowest BCUT2D eigenvalue weighted by atomic mass is 9.95. The van der Waals surface area contributed by atoms with Crippen molar-refractivity contribution in [1.82, 2.24) is 0 Å². The molecule has 3 nitrogen and oxygen atoms in total. The van der Waals surface area contributed by atoms with Gasteiger partial charge in [0.25, 0.3) is 0 Å². The number of phenols is 1. The number of hydrogen-bond donors (Lipinski definition) is 2. The Morgan fingerprint density at radius 2 is 2.07 bits per heavy atom. The molecule has 0 aromatic heterocycles. The zero-order chi connectivity index (χ0) is 10.6. The average molecular weight is 194 g/mol. The van der Waals surface area contributed by atoms with Gasteiger partial charge in [0.15, 0.2) is 0 Å². The van der Waals surface area contributed by atoms with Gasteiger partial charge in [0.05, 0.1) is 0 Å². The smallest absolute Gasteiger partial charge is 0.303 e. The Bertz CT molecular complexity index is 320. The van der Waals surface area contributed by atoms with E-state index in [0.717, 1.165) is 5.56 Å². The van der Waals surface area contributed by atoms with Gasteiger partial charge in [0.1, 0.15) is 5.75 Å². The van der Waals surface area contributed by atoms with E-state index in [1.807, 2.05) is 19.1 Å². The summed E-state index contributed by atoms with van der Waals surface area (Å²) in [5.41, 5.74) is 0.814. The second-order valence-corrected chi connectivity index (χ2v) is 3.39. The van der Waals surface area contributed by atoms with Crippen LogP contribution in [0.25, 0.3) is 0 Å². The monoisotopic (exact) mass is 194 g/mol. The molecule has 76 valence electrons. The van der Waals surface area contributed by atoms with Crippen molar-refractivity contribution in [3.63, 3.8) is 0 Å². The molecule has 1 rings (SSSR count). The van der Waals surface area contributed by atoms with E-state index in [1.54, 1.807) is 12.1 Å². The van der Waals surface area contributed by atoms with Gasteiger partial charge in [0.2, 0.25) is 0 Å². The van der Waals surface area contributed by atoms with Crippen LogP contribution in [0.3, 0.4) is 0 Å². The normalized spacial score (nSPS) is 12.4. The van der Waals surface area contributed by atoms with Crippen LogP contribution < -0.4 is 0 Å². The second kappa shape index (κ2) is 4.65. The summed E-state index contributed by atoms with van der Waals surface area (Å²) in [4.78, 5) is 10.4. The largest absolute Gasteiger partial charge is 0.508 e. The molecule has 14 heavy (non-hydrogen) atoms. The highest BCUT2D eigenvalue weighted by Gasteiger charge is 2.10. The molecule has 0 amide bonds. The molecule has 1 unspecified atom stereocenters. The molecule has 0 spiro atoms. The molecular weight excluding hydrogens is 180 g/mol. The van der Waals surface area contributed by atoms with Crippen LogP contribution in [-0.4, -0.2) is 16.2 Å². The zero-order valence-electron chi connectivity index (χ0n) is 8.10. The fourth-order valence-electron chi connectivity index (χ4n) is 1.40. The van der Waals surface area contributed by atoms with E-state index in [0.29, 0.717) is 6.42 Å². The van der Waals surface area contributed by atoms with Crippen LogP contribution in [0.2, 0.25) is 0 Å². The molecule has 0 heterocycles. The summed E-state index contributed by atoms with van der Waals surface area (Å²) < 4.78 is 0. The maximum atomic E-state index is 10.4. The highest BCUT2D eigenvalue weighted by atomic mass is 16.4. The molecule has 0 aliphatic heterocycles. The van der Waals surface area contributed by atoms with Crippen LogP contribution in [0, 0.1) is 0 Å². The molecule has 0 saturated carbocycles. The summed E-state index contributed by atoms with van der Waals surface area (Å²) in [6, 6.07) is 7.03. The molecule has 0 fully saturated rings. The van der Waals surface area contributed by atoms with E-state index in [1.165, 1.54) is 0 Å². The van der Waals surface area contributed by atoms with Gasteiger partial charge in [-0.1, -0.05) is 25.1 Å². The van der Waals surface area contributed by atoms with Crippen LogP contribution in [0.15, 0.2) is 24.3 Å². The Morgan fingerprint density at radius 1 is 1.43 bits per heavy atom. The second-order valence-electron chi connectivity index (χ2n) is 3.39. The number of carboxylic acids is 1. The fraction of sp³-hybridized carbons (Fsp3) is 0.364. The number of benzene rings is 1. The summed E-state index contributed by atoms with van der Waals surface area (Å²) in [5.74, 6) is -0.482. The summed E-state index contributed by atoms with van der Waals surface area (Å²) in [5, 5.41) is 18.0. The van der Waals surface area contributed by atoms with Gasteiger partial charge in [-0.15, -0.1) is 0 Å². The lowest BCUT2D eigenvalue weighted by molar-refractivity contribution is -0.137. The molecular formula is C11H14O3. The predicted molar refractivity (Wildman–Crippen MR) is 53.4 cm³/mol. The Kier molecular flexibility index (Phi) is 3.51. The third-order valence-electron chi connectivity index (χ3n) is 2.26. The van der Waals surface area contributed by atoms with Crippen LogP contribution in [0.5, 0.6) is 5.75 Å². The minimum atomic E-state index is -0.799. The number of carbonyl (C=O) groups is 1. The van der Waals surface area contributed by atoms with Crippen molar-refractivity contribution in [2.24, 2.45) is 0 Å². The van der Waals surface area contributed by atoms with Crippen LogP contribution in [-0.2, 0) is 4.79 Å². The van der Waals surface area contributed by atoms with E-state index in [-0.39, 0.29) is 18.1 Å². The van der Waals surface area contributed by atoms with E-state index >= 15 is 0 Å². The van der Waals surface area contributed by atoms with Crippen molar-refractivity contribution in [3.8, 4) is 5.75 Å². The van der Waals surface area contributed by atoms with Gasteiger partial charge < -0.3 is 10.2 Å². The van der Waals surface area contributed by atoms with Crippen LogP contribution in [0.1, 0.15) is 31.2 Å². The number of phenolic OH excluding ortho intramolecular Hbond substituents is 1. The number of aliphatic carboxylic acids is 1. The van der Waals surface area contributed by atoms with Gasteiger partial charge in [-0.3, -0.25) is 4.79 Å². The maximum Gasteiger partial charge on any atom is 0.303 e. The first kappa shape index (κ1) is 10.6. The molecule has 0 bridgehead atoms. The van der Waals surface area contributed by atoms with Gasteiger partial charge in [-0.05, 0) is 24.0 Å². The summed E-state index contributed by atoms with van der Waals surface area (Å²) in [7, 11) is 0. The average Bonchev–Trinajstić information content (AvgIpc) is 2.15. The summed E-state index contributed by atoms with van der Waals surface area (Å²) in [6.45, 7) is 1.91. The molecule has 1 atom stereocenters. The Balaban J connectivity index is 2.65. The van der Waals surface area contributed by atoms with Crippen molar-refractivity contribution in [2.75, 3.05) is 0 Å². The molecule has 0 saturated heterocycles. The van der Waals surface area contributed by atoms with Crippen molar-refractivity contribution >= 4 is 5.97 Å². The molecule has 1 aromatic carbocycles. The minimum absolute atomic E-state index is 0.0762. The van der Waals surface area contributed by atoms with Gasteiger partial charge in [0, 0.05) is 6.42 Å². The molecule has 0 aliphatic carbocycles. The number of carboxylic acid groups (broad SMARTS) is 1. The summed E-state index contributed by atoms with van der Waals surface area (Å²) in [6.07, 6.45) is 0.683. The summed E-state index contributed by atoms with van der Waals surface area (Å²) >= 11 is 0. The third kappa shape index (κ3) is 2.76. The predicted octanol–water partition coefficient (Wildman–Crippen LogP) is 2.36. The van der Waals surface area contributed by atoms with Gasteiger partial charge >= 0.3 is 5.97 Å². The van der Waals surface area contributed by atoms with E-state index < -0.39 is 5.97 Å². The zero-order valence-corrected chi connectivity index (χ0v) is 8.10. The first-order valence-corrected chi connectivity index (χ1v) is 4.61. The number of aromatic hydroxyl groups is 1. The van der Waals surface area contributed by atoms with Crippen molar-refractivity contribution in [1.29, 1.82) is 0 Å². The minimum Gasteiger partial charge on any atom is -0.508 e. The number of rotatable bonds is 4. The Labute approximate surface area is 83.0 Å². The first-order valence-electron chi connectivity index (χ1n) is 4.61. The number of hydrogen-bond acceptors (Lipinski definition) is 2. The van der Waals surface area contributed by atoms with E-state index in [2.05, 4.69) is 0 Å². The maximum absolute atomic E-state index is 10.4. The topological polar surface area (TPSA) is 57.5 Å². The molecule has 3 heteroatoms. The quantitative estimate of drug-likeness (QED) is 0.773. The lowest BCUT2D eigenvalue weighted by Gasteiger charge is -2.11. The fourth-order valence-corrected chi connectivity index (χ4v) is 1.40. The standard InChI is InChI=1S/C11H14O3/c1-8(6-7-11(13)14)9-4-2-3-5-10(9)12/h2-5,8,12H,6-7H2,1H3,(H,13,14). The third-order valence-corrected chi connectivity index (χ3v) is 2.26. The Hall–Kier alpha value is -1.51. The van der Waals surface area contributed by atoms with Crippen LogP contribution in [0.4, 0.5) is 0 Å². The first-order chi connectivity index (χ1) is 6.61. The van der Waals surface area contributed by atoms with Gasteiger partial charge in [-0.25, -0.2) is 0 Å². The molecule has 1 aromatic rings. The SMILES string of the molecule is CC(CCC(=O)O)c1ccccc1O.